The maximum Gasteiger partial charge on any atom is 0.345 e. The van der Waals surface area contributed by atoms with Gasteiger partial charge in [0.2, 0.25) is 11.8 Å². The molecule has 240 valence electrons. The molecule has 0 unspecified atom stereocenters. The number of nitrogens with two attached hydrogens (primary N) is 1. The van der Waals surface area contributed by atoms with Crippen LogP contribution in [-0.4, -0.2) is 82.1 Å². The lowest BCUT2D eigenvalue weighted by atomic mass is 10.1. The topological polar surface area (TPSA) is 188 Å². The molecular weight excluding hydrogens is 594 g/mol. The lowest BCUT2D eigenvalue weighted by molar-refractivity contribution is -0.132. The molecule has 0 fully saturated rings. The number of amides is 2. The SMILES string of the molecule is COCCN(CCOC)C(=O)CCCc1cc2cccc(NC(=O)Cn3nc(-c4cccc(O)c4)c4c(N)ncnc43)c2c(=O)o1. The highest BCUT2D eigenvalue weighted by Crippen LogP contribution is 2.31. The van der Waals surface area contributed by atoms with E-state index in [4.69, 9.17) is 19.6 Å². The third kappa shape index (κ3) is 7.30. The highest BCUT2D eigenvalue weighted by Gasteiger charge is 2.20. The van der Waals surface area contributed by atoms with Gasteiger partial charge in [-0.1, -0.05) is 24.3 Å². The fourth-order valence-electron chi connectivity index (χ4n) is 5.18. The number of nitrogens with zero attached hydrogens (tertiary/aromatic N) is 5. The number of aromatic hydroxyl groups is 1. The summed E-state index contributed by atoms with van der Waals surface area (Å²) in [6, 6.07) is 13.3. The van der Waals surface area contributed by atoms with Crippen molar-refractivity contribution in [2.45, 2.75) is 25.8 Å². The van der Waals surface area contributed by atoms with Crippen molar-refractivity contribution in [1.82, 2.24) is 24.6 Å². The largest absolute Gasteiger partial charge is 0.508 e. The Labute approximate surface area is 263 Å². The Bertz CT molecular complexity index is 1910. The van der Waals surface area contributed by atoms with Crippen molar-refractivity contribution in [3.63, 3.8) is 0 Å². The number of hydrogen-bond donors (Lipinski definition) is 3. The number of benzene rings is 2. The maximum atomic E-state index is 13.3. The molecule has 46 heavy (non-hydrogen) atoms. The Hall–Kier alpha value is -5.34. The molecule has 5 aromatic rings. The van der Waals surface area contributed by atoms with Gasteiger partial charge in [-0.15, -0.1) is 0 Å². The van der Waals surface area contributed by atoms with Gasteiger partial charge in [0, 0.05) is 45.7 Å². The van der Waals surface area contributed by atoms with Crippen molar-refractivity contribution < 1.29 is 28.6 Å². The first kappa shape index (κ1) is 32.1. The minimum atomic E-state index is -0.604. The van der Waals surface area contributed by atoms with E-state index in [2.05, 4.69) is 20.4 Å². The summed E-state index contributed by atoms with van der Waals surface area (Å²) in [7, 11) is 3.17. The second-order valence-electron chi connectivity index (χ2n) is 10.6. The van der Waals surface area contributed by atoms with E-state index in [0.29, 0.717) is 72.6 Å². The van der Waals surface area contributed by atoms with Gasteiger partial charge in [0.15, 0.2) is 5.65 Å². The van der Waals surface area contributed by atoms with Crippen molar-refractivity contribution in [3.05, 3.63) is 71.0 Å². The van der Waals surface area contributed by atoms with Gasteiger partial charge in [0.1, 0.15) is 35.9 Å². The van der Waals surface area contributed by atoms with Gasteiger partial charge in [-0.3, -0.25) is 9.59 Å². The second kappa shape index (κ2) is 14.6. The second-order valence-corrected chi connectivity index (χ2v) is 10.6. The Morgan fingerprint density at radius 1 is 1.04 bits per heavy atom. The van der Waals surface area contributed by atoms with E-state index in [0.717, 1.165) is 0 Å². The van der Waals surface area contributed by atoms with Crippen LogP contribution < -0.4 is 16.7 Å². The summed E-state index contributed by atoms with van der Waals surface area (Å²) >= 11 is 0. The zero-order valence-electron chi connectivity index (χ0n) is 25.6. The first-order valence-electron chi connectivity index (χ1n) is 14.7. The van der Waals surface area contributed by atoms with Gasteiger partial charge in [-0.25, -0.2) is 19.4 Å². The molecule has 14 heteroatoms. The van der Waals surface area contributed by atoms with Crippen LogP contribution in [0.15, 0.2) is 64.1 Å². The van der Waals surface area contributed by atoms with E-state index in [9.17, 15) is 19.5 Å². The predicted molar refractivity (Wildman–Crippen MR) is 171 cm³/mol. The van der Waals surface area contributed by atoms with E-state index in [1.807, 2.05) is 0 Å². The first-order chi connectivity index (χ1) is 22.3. The molecule has 0 bridgehead atoms. The number of anilines is 2. The minimum absolute atomic E-state index is 0.0321. The number of aromatic nitrogens is 4. The van der Waals surface area contributed by atoms with Gasteiger partial charge in [-0.05, 0) is 36.1 Å². The molecule has 2 amide bonds. The standard InChI is InChI=1S/C32H35N7O7/c1-44-14-12-38(13-15-45-2)26(42)11-5-9-23-17-20-6-4-10-24(27(20)32(43)46-23)36-25(41)18-39-31-28(30(33)34-19-35-31)29(37-39)21-7-3-8-22(40)16-21/h3-4,6-8,10,16-17,19,40H,5,9,11-15,18H2,1-2H3,(H,36,41)(H2,33,34,35). The molecule has 14 nitrogen and oxygen atoms in total. The number of aryl methyl sites for hydroxylation is 1. The van der Waals surface area contributed by atoms with Crippen LogP contribution in [0.25, 0.3) is 33.1 Å². The highest BCUT2D eigenvalue weighted by molar-refractivity contribution is 6.03. The summed E-state index contributed by atoms with van der Waals surface area (Å²) in [5.41, 5.74) is 7.14. The van der Waals surface area contributed by atoms with Crippen LogP contribution in [0.4, 0.5) is 11.5 Å². The van der Waals surface area contributed by atoms with Gasteiger partial charge < -0.3 is 34.9 Å². The maximum absolute atomic E-state index is 13.3. The van der Waals surface area contributed by atoms with Crippen LogP contribution in [0.5, 0.6) is 5.75 Å². The van der Waals surface area contributed by atoms with Gasteiger partial charge in [0.25, 0.3) is 0 Å². The predicted octanol–water partition coefficient (Wildman–Crippen LogP) is 2.97. The monoisotopic (exact) mass is 629 g/mol. The van der Waals surface area contributed by atoms with E-state index < -0.39 is 11.5 Å². The summed E-state index contributed by atoms with van der Waals surface area (Å²) in [5, 5.41) is 18.6. The lowest BCUT2D eigenvalue weighted by Gasteiger charge is -2.22. The van der Waals surface area contributed by atoms with Gasteiger partial charge >= 0.3 is 5.63 Å². The van der Waals surface area contributed by atoms with Crippen LogP contribution in [0.2, 0.25) is 0 Å². The molecule has 5 rings (SSSR count). The zero-order chi connectivity index (χ0) is 32.6. The van der Waals surface area contributed by atoms with Gasteiger partial charge in [0.05, 0.1) is 29.7 Å². The van der Waals surface area contributed by atoms with Crippen molar-refractivity contribution in [2.24, 2.45) is 0 Å². The molecular formula is C32H35N7O7. The number of methoxy groups -OCH3 is 2. The number of rotatable bonds is 14. The fraction of sp³-hybridized carbons (Fsp3) is 0.312. The Morgan fingerprint density at radius 2 is 1.80 bits per heavy atom. The molecule has 0 spiro atoms. The number of carbonyl (C=O) groups is 2. The van der Waals surface area contributed by atoms with Crippen molar-refractivity contribution in [3.8, 4) is 17.0 Å². The smallest absolute Gasteiger partial charge is 0.345 e. The molecule has 2 aromatic carbocycles. The number of ether oxygens (including phenoxy) is 2. The van der Waals surface area contributed by atoms with E-state index in [1.54, 1.807) is 55.5 Å². The summed E-state index contributed by atoms with van der Waals surface area (Å²) in [6.07, 6.45) is 2.42. The number of nitrogen functional groups attached to an aromatic ring is 1. The van der Waals surface area contributed by atoms with E-state index in [-0.39, 0.29) is 41.5 Å². The molecule has 0 aliphatic heterocycles. The Kier molecular flexibility index (Phi) is 10.2. The number of phenolic OH excluding ortho intramolecular Hbond substituents is 1. The number of carbonyl (C=O) groups excluding carboxylic acids is 2. The van der Waals surface area contributed by atoms with E-state index in [1.165, 1.54) is 23.1 Å². The summed E-state index contributed by atoms with van der Waals surface area (Å²) in [5.74, 6) is 0.160. The molecule has 0 aliphatic rings. The highest BCUT2D eigenvalue weighted by atomic mass is 16.5. The zero-order valence-corrected chi connectivity index (χ0v) is 25.6. The molecule has 0 saturated heterocycles. The average Bonchev–Trinajstić information content (AvgIpc) is 3.40. The molecule has 0 radical (unpaired) electrons. The summed E-state index contributed by atoms with van der Waals surface area (Å²) < 4.78 is 17.2. The normalized spacial score (nSPS) is 11.3. The van der Waals surface area contributed by atoms with Crippen LogP contribution in [0, 0.1) is 0 Å². The quantitative estimate of drug-likeness (QED) is 0.164. The van der Waals surface area contributed by atoms with Crippen molar-refractivity contribution >= 4 is 45.1 Å². The summed E-state index contributed by atoms with van der Waals surface area (Å²) in [6.45, 7) is 1.54. The first-order valence-corrected chi connectivity index (χ1v) is 14.7. The van der Waals surface area contributed by atoms with Gasteiger partial charge in [-0.2, -0.15) is 5.10 Å². The van der Waals surface area contributed by atoms with Crippen LogP contribution >= 0.6 is 0 Å². The average molecular weight is 630 g/mol. The number of hydrogen-bond acceptors (Lipinski definition) is 11. The molecule has 0 saturated carbocycles. The van der Waals surface area contributed by atoms with Crippen LogP contribution in [0.3, 0.4) is 0 Å². The summed E-state index contributed by atoms with van der Waals surface area (Å²) in [4.78, 5) is 49.1. The van der Waals surface area contributed by atoms with Crippen LogP contribution in [0.1, 0.15) is 18.6 Å². The molecule has 0 atom stereocenters. The molecule has 0 aliphatic carbocycles. The fourth-order valence-corrected chi connectivity index (χ4v) is 5.18. The molecule has 3 heterocycles. The molecule has 3 aromatic heterocycles. The number of nitrogens with one attached hydrogen (secondary N) is 1. The molecule has 4 N–H and O–H groups in total. The Balaban J connectivity index is 1.30. The third-order valence-electron chi connectivity index (χ3n) is 7.38. The third-order valence-corrected chi connectivity index (χ3v) is 7.38. The van der Waals surface area contributed by atoms with E-state index >= 15 is 0 Å². The Morgan fingerprint density at radius 3 is 2.54 bits per heavy atom. The minimum Gasteiger partial charge on any atom is -0.508 e. The van der Waals surface area contributed by atoms with Crippen molar-refractivity contribution in [2.75, 3.05) is 51.6 Å². The number of fused-ring (bicyclic) bond motifs is 2. The van der Waals surface area contributed by atoms with Crippen molar-refractivity contribution in [1.29, 1.82) is 0 Å². The number of phenols is 1. The van der Waals surface area contributed by atoms with Crippen LogP contribution in [-0.2, 0) is 32.0 Å². The lowest BCUT2D eigenvalue weighted by Crippen LogP contribution is -2.36.